The first kappa shape index (κ1) is 48.7. The average Bonchev–Trinajstić information content (AvgIpc) is 2.98. The van der Waals surface area contributed by atoms with Crippen LogP contribution in [-0.4, -0.2) is 163 Å². The minimum absolute atomic E-state index is 0.0138. The van der Waals surface area contributed by atoms with E-state index in [1.54, 1.807) is 62.3 Å². The van der Waals surface area contributed by atoms with Crippen LogP contribution in [0.25, 0.3) is 0 Å². The summed E-state index contributed by atoms with van der Waals surface area (Å²) in [4.78, 5) is 83.4. The summed E-state index contributed by atoms with van der Waals surface area (Å²) >= 11 is 0. The van der Waals surface area contributed by atoms with Crippen LogP contribution in [0.1, 0.15) is 102 Å². The van der Waals surface area contributed by atoms with E-state index in [-0.39, 0.29) is 50.7 Å². The first-order chi connectivity index (χ1) is 24.7. The number of ether oxygens (including phenoxy) is 4. The van der Waals surface area contributed by atoms with Gasteiger partial charge in [0.1, 0.15) is 28.4 Å². The second-order valence-electron chi connectivity index (χ2n) is 17.8. The van der Waals surface area contributed by atoms with Gasteiger partial charge < -0.3 is 29.6 Å². The van der Waals surface area contributed by atoms with Crippen molar-refractivity contribution < 1.29 is 47.7 Å². The van der Waals surface area contributed by atoms with Crippen molar-refractivity contribution in [2.45, 2.75) is 131 Å². The summed E-state index contributed by atoms with van der Waals surface area (Å²) in [6.07, 6.45) is 1.95. The quantitative estimate of drug-likeness (QED) is 0.101. The monoisotopic (exact) mass is 771 g/mol. The summed E-state index contributed by atoms with van der Waals surface area (Å²) in [6.45, 7) is 24.6. The SMILES string of the molecule is CC(C)(C)OC(=O)CN1CCN(CC(=O)OC(C)(C)C)CCN(CC(=O)OC(C)(C)C)CN(CC(=O)NCCCCC(NC=O)C(=O)OC(C)(C)C)CC1. The molecule has 312 valence electrons. The lowest BCUT2D eigenvalue weighted by atomic mass is 10.1. The van der Waals surface area contributed by atoms with Crippen molar-refractivity contribution >= 4 is 36.2 Å². The van der Waals surface area contributed by atoms with Crippen molar-refractivity contribution in [2.75, 3.05) is 78.7 Å². The Kier molecular flexibility index (Phi) is 20.1. The highest BCUT2D eigenvalue weighted by atomic mass is 16.6. The lowest BCUT2D eigenvalue weighted by Crippen LogP contribution is -2.49. The van der Waals surface area contributed by atoms with Crippen molar-refractivity contribution in [1.29, 1.82) is 0 Å². The van der Waals surface area contributed by atoms with Gasteiger partial charge in [0.25, 0.3) is 0 Å². The largest absolute Gasteiger partial charge is 0.459 e. The summed E-state index contributed by atoms with van der Waals surface area (Å²) in [5.41, 5.74) is -2.70. The van der Waals surface area contributed by atoms with Crippen molar-refractivity contribution in [1.82, 2.24) is 30.2 Å². The van der Waals surface area contributed by atoms with Crippen molar-refractivity contribution in [3.8, 4) is 0 Å². The van der Waals surface area contributed by atoms with Crippen LogP contribution in [0.15, 0.2) is 0 Å². The third kappa shape index (κ3) is 24.9. The van der Waals surface area contributed by atoms with Gasteiger partial charge in [-0.05, 0) is 102 Å². The molecule has 1 rings (SSSR count). The van der Waals surface area contributed by atoms with Gasteiger partial charge in [0.05, 0.1) is 32.8 Å². The van der Waals surface area contributed by atoms with Crippen LogP contribution in [0.3, 0.4) is 0 Å². The Morgan fingerprint density at radius 2 is 0.926 bits per heavy atom. The van der Waals surface area contributed by atoms with Gasteiger partial charge in [-0.25, -0.2) is 4.79 Å². The Bertz CT molecular complexity index is 1220. The third-order valence-electron chi connectivity index (χ3n) is 7.49. The summed E-state index contributed by atoms with van der Waals surface area (Å²) in [6, 6.07) is -0.782. The Balaban J connectivity index is 3.14. The molecule has 54 heavy (non-hydrogen) atoms. The van der Waals surface area contributed by atoms with Crippen LogP contribution in [0.4, 0.5) is 0 Å². The summed E-state index contributed by atoms with van der Waals surface area (Å²) in [5.74, 6) is -1.93. The lowest BCUT2D eigenvalue weighted by molar-refractivity contribution is -0.158. The third-order valence-corrected chi connectivity index (χ3v) is 7.49. The fourth-order valence-electron chi connectivity index (χ4n) is 5.42. The lowest BCUT2D eigenvalue weighted by Gasteiger charge is -2.32. The normalized spacial score (nSPS) is 17.0. The van der Waals surface area contributed by atoms with Crippen LogP contribution >= 0.6 is 0 Å². The molecule has 0 saturated carbocycles. The Hall–Kier alpha value is -3.34. The predicted molar refractivity (Wildman–Crippen MR) is 204 cm³/mol. The number of carbonyl (C=O) groups excluding carboxylic acids is 6. The number of esters is 4. The smallest absolute Gasteiger partial charge is 0.329 e. The number of rotatable bonds is 16. The van der Waals surface area contributed by atoms with Crippen LogP contribution in [0.2, 0.25) is 0 Å². The van der Waals surface area contributed by atoms with Crippen LogP contribution in [-0.2, 0) is 47.7 Å². The number of hydrogen-bond acceptors (Lipinski definition) is 14. The molecule has 1 atom stereocenters. The molecule has 2 amide bonds. The molecule has 1 unspecified atom stereocenters. The molecule has 0 aliphatic carbocycles. The van der Waals surface area contributed by atoms with Crippen LogP contribution in [0, 0.1) is 0 Å². The van der Waals surface area contributed by atoms with E-state index in [1.807, 2.05) is 40.4 Å². The number of unbranched alkanes of at least 4 members (excludes halogenated alkanes) is 1. The molecule has 0 aromatic carbocycles. The Morgan fingerprint density at radius 1 is 0.556 bits per heavy atom. The molecule has 1 saturated heterocycles. The van der Waals surface area contributed by atoms with Gasteiger partial charge in [-0.1, -0.05) is 0 Å². The highest BCUT2D eigenvalue weighted by Gasteiger charge is 2.28. The number of nitrogens with zero attached hydrogens (tertiary/aromatic N) is 4. The van der Waals surface area contributed by atoms with Gasteiger partial charge in [-0.2, -0.15) is 0 Å². The molecule has 0 spiro atoms. The number of carbonyl (C=O) groups is 6. The maximum Gasteiger partial charge on any atom is 0.329 e. The van der Waals surface area contributed by atoms with E-state index in [9.17, 15) is 28.8 Å². The van der Waals surface area contributed by atoms with E-state index in [4.69, 9.17) is 18.9 Å². The fourth-order valence-corrected chi connectivity index (χ4v) is 5.42. The second-order valence-corrected chi connectivity index (χ2v) is 17.8. The van der Waals surface area contributed by atoms with Gasteiger partial charge in [-0.3, -0.25) is 43.6 Å². The molecular formula is C38H70N6O10. The van der Waals surface area contributed by atoms with E-state index in [0.717, 1.165) is 0 Å². The molecule has 1 fully saturated rings. The fraction of sp³-hybridized carbons (Fsp3) is 0.842. The standard InChI is InChI=1S/C38H70N6O10/c1-35(2,3)51-31(47)24-41-17-18-42(25-32(48)52-36(4,5)6)20-22-44(26-33(49)53-37(7,8)9)28-43(21-19-41)23-30(46)39-16-14-13-15-29(40-27-45)34(50)54-38(10,11)12/h27,29H,13-26,28H2,1-12H3,(H,39,46)(H,40,45). The average molecular weight is 771 g/mol. The number of hydrogen-bond donors (Lipinski definition) is 2. The molecule has 16 heteroatoms. The minimum atomic E-state index is -0.782. The van der Waals surface area contributed by atoms with E-state index < -0.39 is 40.4 Å². The van der Waals surface area contributed by atoms with Gasteiger partial charge in [-0.15, -0.1) is 0 Å². The maximum absolute atomic E-state index is 13.3. The topological polar surface area (TPSA) is 176 Å². The van der Waals surface area contributed by atoms with E-state index >= 15 is 0 Å². The summed E-state index contributed by atoms with van der Waals surface area (Å²) in [5, 5.41) is 5.45. The second kappa shape index (κ2) is 22.3. The van der Waals surface area contributed by atoms with Gasteiger partial charge in [0.2, 0.25) is 12.3 Å². The zero-order valence-corrected chi connectivity index (χ0v) is 35.1. The van der Waals surface area contributed by atoms with Crippen LogP contribution in [0.5, 0.6) is 0 Å². The molecule has 0 radical (unpaired) electrons. The number of amides is 2. The zero-order valence-electron chi connectivity index (χ0n) is 35.1. The predicted octanol–water partition coefficient (Wildman–Crippen LogP) is 1.93. The van der Waals surface area contributed by atoms with Crippen LogP contribution < -0.4 is 10.6 Å². The zero-order chi connectivity index (χ0) is 41.3. The molecule has 16 nitrogen and oxygen atoms in total. The Labute approximate surface area is 323 Å². The Morgan fingerprint density at radius 3 is 1.31 bits per heavy atom. The van der Waals surface area contributed by atoms with E-state index in [0.29, 0.717) is 71.5 Å². The molecular weight excluding hydrogens is 700 g/mol. The van der Waals surface area contributed by atoms with Crippen molar-refractivity contribution in [3.63, 3.8) is 0 Å². The first-order valence-electron chi connectivity index (χ1n) is 19.0. The first-order valence-corrected chi connectivity index (χ1v) is 19.0. The maximum atomic E-state index is 13.3. The molecule has 2 N–H and O–H groups in total. The molecule has 1 aliphatic rings. The molecule has 1 aliphatic heterocycles. The van der Waals surface area contributed by atoms with Gasteiger partial charge in [0.15, 0.2) is 0 Å². The minimum Gasteiger partial charge on any atom is -0.459 e. The van der Waals surface area contributed by atoms with E-state index in [2.05, 4.69) is 10.6 Å². The molecule has 0 aromatic rings. The van der Waals surface area contributed by atoms with Crippen molar-refractivity contribution in [3.05, 3.63) is 0 Å². The molecule has 1 heterocycles. The van der Waals surface area contributed by atoms with E-state index in [1.165, 1.54) is 0 Å². The molecule has 0 aromatic heterocycles. The summed E-state index contributed by atoms with van der Waals surface area (Å²) < 4.78 is 22.2. The van der Waals surface area contributed by atoms with Gasteiger partial charge >= 0.3 is 23.9 Å². The van der Waals surface area contributed by atoms with Crippen molar-refractivity contribution in [2.24, 2.45) is 0 Å². The highest BCUT2D eigenvalue weighted by molar-refractivity contribution is 5.79. The summed E-state index contributed by atoms with van der Waals surface area (Å²) in [7, 11) is 0. The highest BCUT2D eigenvalue weighted by Crippen LogP contribution is 2.13. The van der Waals surface area contributed by atoms with Gasteiger partial charge in [0, 0.05) is 45.8 Å². The number of nitrogens with one attached hydrogen (secondary N) is 2. The molecule has 0 bridgehead atoms.